The quantitative estimate of drug-likeness (QED) is 0.714. The van der Waals surface area contributed by atoms with Crippen LogP contribution in [0.25, 0.3) is 0 Å². The van der Waals surface area contributed by atoms with Crippen molar-refractivity contribution in [2.45, 2.75) is 18.2 Å². The van der Waals surface area contributed by atoms with Gasteiger partial charge in [0, 0.05) is 18.3 Å². The maximum absolute atomic E-state index is 12.1. The number of carbonyl (C=O) groups is 1. The summed E-state index contributed by atoms with van der Waals surface area (Å²) in [5.41, 5.74) is 0.686. The predicted molar refractivity (Wildman–Crippen MR) is 100 cm³/mol. The molecule has 0 fully saturated rings. The van der Waals surface area contributed by atoms with Crippen molar-refractivity contribution >= 4 is 39.8 Å². The van der Waals surface area contributed by atoms with E-state index in [-0.39, 0.29) is 11.7 Å². The molecular weight excluding hydrogens is 360 g/mol. The largest absolute Gasteiger partial charge is 0.486 e. The highest BCUT2D eigenvalue weighted by molar-refractivity contribution is 8.01. The first-order valence-corrected chi connectivity index (χ1v) is 9.80. The molecule has 134 valence electrons. The minimum Gasteiger partial charge on any atom is -0.486 e. The molecule has 0 bridgehead atoms. The Morgan fingerprint density at radius 3 is 2.88 bits per heavy atom. The Morgan fingerprint density at radius 2 is 2.08 bits per heavy atom. The summed E-state index contributed by atoms with van der Waals surface area (Å²) < 4.78 is 11.7. The summed E-state index contributed by atoms with van der Waals surface area (Å²) in [6, 6.07) is 5.37. The first-order valence-electron chi connectivity index (χ1n) is 8.00. The van der Waals surface area contributed by atoms with Crippen molar-refractivity contribution < 1.29 is 14.3 Å². The molecule has 7 nitrogen and oxygen atoms in total. The number of hydrogen-bond acceptors (Lipinski definition) is 8. The van der Waals surface area contributed by atoms with Crippen LogP contribution in [0.3, 0.4) is 0 Å². The molecule has 0 radical (unpaired) electrons. The molecular formula is C16H20N4O3S2. The van der Waals surface area contributed by atoms with Gasteiger partial charge in [0.15, 0.2) is 15.8 Å². The molecule has 9 heteroatoms. The highest BCUT2D eigenvalue weighted by Crippen LogP contribution is 2.32. The van der Waals surface area contributed by atoms with Crippen molar-refractivity contribution in [2.24, 2.45) is 5.92 Å². The Kier molecular flexibility index (Phi) is 5.98. The van der Waals surface area contributed by atoms with Gasteiger partial charge in [0.1, 0.15) is 13.2 Å². The van der Waals surface area contributed by atoms with Crippen LogP contribution in [0.2, 0.25) is 0 Å². The van der Waals surface area contributed by atoms with Gasteiger partial charge in [-0.2, -0.15) is 0 Å². The van der Waals surface area contributed by atoms with Gasteiger partial charge < -0.3 is 20.1 Å². The number of nitrogens with zero attached hydrogens (tertiary/aromatic N) is 2. The minimum atomic E-state index is -0.103. The molecule has 0 saturated carbocycles. The molecule has 1 aliphatic rings. The van der Waals surface area contributed by atoms with Gasteiger partial charge in [-0.05, 0) is 18.1 Å². The molecule has 0 aliphatic carbocycles. The van der Waals surface area contributed by atoms with E-state index in [1.54, 1.807) is 18.2 Å². The standard InChI is InChI=1S/C16H20N4O3S2/c1-10(2)8-17-15-19-20-16(25-15)24-9-14(21)18-11-3-4-12-13(7-11)23-6-5-22-12/h3-4,7,10H,5-6,8-9H2,1-2H3,(H,17,19)(H,18,21). The third-order valence-electron chi connectivity index (χ3n) is 3.22. The van der Waals surface area contributed by atoms with Crippen molar-refractivity contribution in [2.75, 3.05) is 36.1 Å². The van der Waals surface area contributed by atoms with Crippen LogP contribution in [0.15, 0.2) is 22.5 Å². The summed E-state index contributed by atoms with van der Waals surface area (Å²) >= 11 is 2.82. The first-order chi connectivity index (χ1) is 12.1. The van der Waals surface area contributed by atoms with E-state index < -0.39 is 0 Å². The fraction of sp³-hybridized carbons (Fsp3) is 0.438. The molecule has 0 spiro atoms. The molecule has 1 aromatic carbocycles. The lowest BCUT2D eigenvalue weighted by Crippen LogP contribution is -2.17. The second-order valence-corrected chi connectivity index (χ2v) is 8.04. The smallest absolute Gasteiger partial charge is 0.234 e. The zero-order valence-corrected chi connectivity index (χ0v) is 15.7. The number of thioether (sulfide) groups is 1. The number of aromatic nitrogens is 2. The highest BCUT2D eigenvalue weighted by Gasteiger charge is 2.13. The van der Waals surface area contributed by atoms with E-state index in [0.717, 1.165) is 16.0 Å². The monoisotopic (exact) mass is 380 g/mol. The number of rotatable bonds is 7. The molecule has 1 aliphatic heterocycles. The normalized spacial score (nSPS) is 12.9. The van der Waals surface area contributed by atoms with Crippen molar-refractivity contribution in [1.29, 1.82) is 0 Å². The number of benzene rings is 1. The fourth-order valence-electron chi connectivity index (χ4n) is 2.08. The third kappa shape index (κ3) is 5.23. The molecule has 0 atom stereocenters. The average Bonchev–Trinajstić information content (AvgIpc) is 3.06. The van der Waals surface area contributed by atoms with Gasteiger partial charge >= 0.3 is 0 Å². The van der Waals surface area contributed by atoms with Crippen LogP contribution in [0, 0.1) is 5.92 Å². The fourth-order valence-corrected chi connectivity index (χ4v) is 3.64. The maximum atomic E-state index is 12.1. The van der Waals surface area contributed by atoms with Crippen molar-refractivity contribution in [3.05, 3.63) is 18.2 Å². The lowest BCUT2D eigenvalue weighted by atomic mass is 10.2. The first kappa shape index (κ1) is 17.8. The minimum absolute atomic E-state index is 0.103. The number of amides is 1. The van der Waals surface area contributed by atoms with Crippen LogP contribution in [0.1, 0.15) is 13.8 Å². The van der Waals surface area contributed by atoms with Gasteiger partial charge in [0.05, 0.1) is 5.75 Å². The summed E-state index contributed by atoms with van der Waals surface area (Å²) in [6.07, 6.45) is 0. The molecule has 2 aromatic rings. The third-order valence-corrected chi connectivity index (χ3v) is 5.23. The maximum Gasteiger partial charge on any atom is 0.234 e. The number of hydrogen-bond donors (Lipinski definition) is 2. The van der Waals surface area contributed by atoms with Crippen molar-refractivity contribution in [1.82, 2.24) is 10.2 Å². The second-order valence-electron chi connectivity index (χ2n) is 5.84. The lowest BCUT2D eigenvalue weighted by molar-refractivity contribution is -0.113. The van der Waals surface area contributed by atoms with Gasteiger partial charge in [-0.25, -0.2) is 0 Å². The van der Waals surface area contributed by atoms with E-state index in [1.165, 1.54) is 23.1 Å². The number of fused-ring (bicyclic) bond motifs is 1. The van der Waals surface area contributed by atoms with Crippen LogP contribution >= 0.6 is 23.1 Å². The number of nitrogens with one attached hydrogen (secondary N) is 2. The predicted octanol–water partition coefficient (Wildman–Crippen LogP) is 3.11. The van der Waals surface area contributed by atoms with Crippen LogP contribution < -0.4 is 20.1 Å². The zero-order chi connectivity index (χ0) is 17.6. The van der Waals surface area contributed by atoms with E-state index in [2.05, 4.69) is 34.7 Å². The Bertz CT molecular complexity index is 736. The topological polar surface area (TPSA) is 85.4 Å². The Hall–Kier alpha value is -2.00. The molecule has 0 unspecified atom stereocenters. The number of ether oxygens (including phenoxy) is 2. The van der Waals surface area contributed by atoms with Gasteiger partial charge in [-0.3, -0.25) is 4.79 Å². The molecule has 1 amide bonds. The van der Waals surface area contributed by atoms with Crippen molar-refractivity contribution in [3.63, 3.8) is 0 Å². The number of carbonyl (C=O) groups excluding carboxylic acids is 1. The molecule has 1 aromatic heterocycles. The van der Waals surface area contributed by atoms with Gasteiger partial charge in [0.25, 0.3) is 0 Å². The van der Waals surface area contributed by atoms with E-state index in [1.807, 2.05) is 0 Å². The van der Waals surface area contributed by atoms with Crippen LogP contribution in [-0.2, 0) is 4.79 Å². The SMILES string of the molecule is CC(C)CNc1nnc(SCC(=O)Nc2ccc3c(c2)OCCO3)s1. The molecule has 3 rings (SSSR count). The highest BCUT2D eigenvalue weighted by atomic mass is 32.2. The summed E-state index contributed by atoms with van der Waals surface area (Å²) in [5, 5.41) is 15.0. The van der Waals surface area contributed by atoms with Crippen LogP contribution in [-0.4, -0.2) is 41.6 Å². The summed E-state index contributed by atoms with van der Waals surface area (Å²) in [7, 11) is 0. The lowest BCUT2D eigenvalue weighted by Gasteiger charge is -2.18. The molecule has 0 saturated heterocycles. The van der Waals surface area contributed by atoms with Gasteiger partial charge in [-0.1, -0.05) is 36.9 Å². The Labute approximate surface area is 154 Å². The van der Waals surface area contributed by atoms with Crippen molar-refractivity contribution in [3.8, 4) is 11.5 Å². The van der Waals surface area contributed by atoms with E-state index in [9.17, 15) is 4.79 Å². The van der Waals surface area contributed by atoms with Crippen LogP contribution in [0.4, 0.5) is 10.8 Å². The summed E-state index contributed by atoms with van der Waals surface area (Å²) in [4.78, 5) is 12.1. The van der Waals surface area contributed by atoms with Crippen LogP contribution in [0.5, 0.6) is 11.5 Å². The average molecular weight is 380 g/mol. The Balaban J connectivity index is 1.48. The van der Waals surface area contributed by atoms with E-state index >= 15 is 0 Å². The summed E-state index contributed by atoms with van der Waals surface area (Å²) in [6.45, 7) is 6.18. The van der Waals surface area contributed by atoms with E-state index in [4.69, 9.17) is 9.47 Å². The van der Waals surface area contributed by atoms with E-state index in [0.29, 0.717) is 36.3 Å². The molecule has 2 N–H and O–H groups in total. The molecule has 2 heterocycles. The summed E-state index contributed by atoms with van der Waals surface area (Å²) in [5.74, 6) is 2.06. The number of anilines is 2. The zero-order valence-electron chi connectivity index (χ0n) is 14.1. The second kappa shape index (κ2) is 8.39. The van der Waals surface area contributed by atoms with Gasteiger partial charge in [0.2, 0.25) is 11.0 Å². The van der Waals surface area contributed by atoms with Gasteiger partial charge in [-0.15, -0.1) is 10.2 Å². The Morgan fingerprint density at radius 1 is 1.28 bits per heavy atom. The molecule has 25 heavy (non-hydrogen) atoms.